The van der Waals surface area contributed by atoms with Gasteiger partial charge in [-0.25, -0.2) is 9.37 Å². The van der Waals surface area contributed by atoms with Gasteiger partial charge in [0.1, 0.15) is 5.82 Å². The first-order valence-corrected chi connectivity index (χ1v) is 11.5. The number of carbonyl (C=O) groups is 1. The SMILES string of the molecule is CN1CCc2cc(F)c(-c3csc([C@H]4CC[C@H](CCC(=O)O)CC4)n3)cc2CC1. The minimum Gasteiger partial charge on any atom is -0.481 e. The number of carboxylic acids is 1. The zero-order valence-corrected chi connectivity index (χ0v) is 17.8. The molecule has 156 valence electrons. The Morgan fingerprint density at radius 3 is 2.59 bits per heavy atom. The average Bonchev–Trinajstić information content (AvgIpc) is 3.12. The average molecular weight is 417 g/mol. The highest BCUT2D eigenvalue weighted by molar-refractivity contribution is 7.10. The van der Waals surface area contributed by atoms with Crippen LogP contribution < -0.4 is 0 Å². The fraction of sp³-hybridized carbons (Fsp3) is 0.565. The molecule has 1 fully saturated rings. The van der Waals surface area contributed by atoms with E-state index in [1.807, 2.05) is 11.4 Å². The predicted molar refractivity (Wildman–Crippen MR) is 114 cm³/mol. The molecule has 4 nitrogen and oxygen atoms in total. The lowest BCUT2D eigenvalue weighted by atomic mass is 9.80. The molecule has 1 aromatic carbocycles. The summed E-state index contributed by atoms with van der Waals surface area (Å²) in [5.41, 5.74) is 3.77. The lowest BCUT2D eigenvalue weighted by molar-refractivity contribution is -0.137. The third kappa shape index (κ3) is 4.86. The molecule has 2 aromatic rings. The molecule has 6 heteroatoms. The Morgan fingerprint density at radius 1 is 1.21 bits per heavy atom. The van der Waals surface area contributed by atoms with Crippen LogP contribution in [0, 0.1) is 11.7 Å². The molecule has 1 saturated carbocycles. The summed E-state index contributed by atoms with van der Waals surface area (Å²) in [5, 5.41) is 12.0. The summed E-state index contributed by atoms with van der Waals surface area (Å²) in [4.78, 5) is 17.9. The van der Waals surface area contributed by atoms with Crippen molar-refractivity contribution in [2.75, 3.05) is 20.1 Å². The molecule has 0 bridgehead atoms. The first-order valence-electron chi connectivity index (χ1n) is 10.7. The van der Waals surface area contributed by atoms with Crippen molar-refractivity contribution in [2.45, 2.75) is 57.3 Å². The molecule has 0 unspecified atom stereocenters. The first-order chi connectivity index (χ1) is 14.0. The molecule has 0 atom stereocenters. The van der Waals surface area contributed by atoms with Gasteiger partial charge in [0.05, 0.1) is 10.7 Å². The van der Waals surface area contributed by atoms with Gasteiger partial charge in [-0.3, -0.25) is 4.79 Å². The van der Waals surface area contributed by atoms with E-state index in [1.165, 1.54) is 5.56 Å². The van der Waals surface area contributed by atoms with Crippen molar-refractivity contribution in [3.05, 3.63) is 39.5 Å². The van der Waals surface area contributed by atoms with Crippen LogP contribution in [0.1, 0.15) is 60.6 Å². The highest BCUT2D eigenvalue weighted by Crippen LogP contribution is 2.40. The number of fused-ring (bicyclic) bond motifs is 1. The maximum Gasteiger partial charge on any atom is 0.303 e. The van der Waals surface area contributed by atoms with E-state index < -0.39 is 5.97 Å². The van der Waals surface area contributed by atoms with Crippen molar-refractivity contribution in [1.82, 2.24) is 9.88 Å². The Bertz CT molecular complexity index is 874. The van der Waals surface area contributed by atoms with Crippen molar-refractivity contribution in [3.63, 3.8) is 0 Å². The van der Waals surface area contributed by atoms with E-state index >= 15 is 0 Å². The van der Waals surface area contributed by atoms with Crippen LogP contribution in [-0.2, 0) is 17.6 Å². The monoisotopic (exact) mass is 416 g/mol. The zero-order chi connectivity index (χ0) is 20.4. The number of rotatable bonds is 5. The molecule has 29 heavy (non-hydrogen) atoms. The summed E-state index contributed by atoms with van der Waals surface area (Å²) in [6.07, 6.45) is 7.13. The largest absolute Gasteiger partial charge is 0.481 e. The minimum absolute atomic E-state index is 0.164. The molecule has 1 aliphatic heterocycles. The molecule has 0 radical (unpaired) electrons. The van der Waals surface area contributed by atoms with Crippen LogP contribution in [0.25, 0.3) is 11.3 Å². The summed E-state index contributed by atoms with van der Waals surface area (Å²) in [6.45, 7) is 1.98. The van der Waals surface area contributed by atoms with Crippen LogP contribution in [0.15, 0.2) is 17.5 Å². The highest BCUT2D eigenvalue weighted by Gasteiger charge is 2.25. The maximum absolute atomic E-state index is 14.8. The summed E-state index contributed by atoms with van der Waals surface area (Å²) in [6, 6.07) is 3.74. The molecule has 0 saturated heterocycles. The van der Waals surface area contributed by atoms with Crippen LogP contribution in [-0.4, -0.2) is 41.1 Å². The van der Waals surface area contributed by atoms with Gasteiger partial charge in [-0.2, -0.15) is 0 Å². The Kier molecular flexibility index (Phi) is 6.30. The number of likely N-dealkylation sites (N-methyl/N-ethyl adjacent to an activating group) is 1. The van der Waals surface area contributed by atoms with Crippen LogP contribution in [0.5, 0.6) is 0 Å². The molecule has 1 N–H and O–H groups in total. The molecule has 4 rings (SSSR count). The summed E-state index contributed by atoms with van der Waals surface area (Å²) in [5.74, 6) is 0.0722. The number of aliphatic carboxylic acids is 1. The molecule has 2 heterocycles. The quantitative estimate of drug-likeness (QED) is 0.735. The van der Waals surface area contributed by atoms with Gasteiger partial charge in [-0.1, -0.05) is 0 Å². The van der Waals surface area contributed by atoms with Crippen LogP contribution in [0.4, 0.5) is 4.39 Å². The number of hydrogen-bond acceptors (Lipinski definition) is 4. The molecular formula is C23H29FN2O2S. The lowest BCUT2D eigenvalue weighted by Gasteiger charge is -2.26. The first kappa shape index (κ1) is 20.5. The minimum atomic E-state index is -0.703. The highest BCUT2D eigenvalue weighted by atomic mass is 32.1. The second-order valence-electron chi connectivity index (χ2n) is 8.63. The summed E-state index contributed by atoms with van der Waals surface area (Å²) < 4.78 is 14.8. The second-order valence-corrected chi connectivity index (χ2v) is 9.51. The van der Waals surface area contributed by atoms with E-state index in [1.54, 1.807) is 17.4 Å². The number of hydrogen-bond donors (Lipinski definition) is 1. The zero-order valence-electron chi connectivity index (χ0n) is 17.0. The van der Waals surface area contributed by atoms with Crippen molar-refractivity contribution in [3.8, 4) is 11.3 Å². The Hall–Kier alpha value is -1.79. The lowest BCUT2D eigenvalue weighted by Crippen LogP contribution is -2.20. The number of thiazole rings is 1. The Morgan fingerprint density at radius 2 is 1.90 bits per heavy atom. The molecule has 1 aromatic heterocycles. The number of benzene rings is 1. The van der Waals surface area contributed by atoms with Crippen molar-refractivity contribution in [1.29, 1.82) is 0 Å². The van der Waals surface area contributed by atoms with Gasteiger partial charge in [0.2, 0.25) is 0 Å². The number of aromatic nitrogens is 1. The van der Waals surface area contributed by atoms with Crippen molar-refractivity contribution >= 4 is 17.3 Å². The van der Waals surface area contributed by atoms with E-state index in [9.17, 15) is 9.18 Å². The van der Waals surface area contributed by atoms with Crippen LogP contribution in [0.2, 0.25) is 0 Å². The van der Waals surface area contributed by atoms with Gasteiger partial charge in [0.25, 0.3) is 0 Å². The van der Waals surface area contributed by atoms with Crippen molar-refractivity contribution in [2.24, 2.45) is 5.92 Å². The van der Waals surface area contributed by atoms with Gasteiger partial charge < -0.3 is 10.0 Å². The second kappa shape index (κ2) is 8.92. The topological polar surface area (TPSA) is 53.4 Å². The summed E-state index contributed by atoms with van der Waals surface area (Å²) >= 11 is 1.64. The van der Waals surface area contributed by atoms with Gasteiger partial charge in [-0.15, -0.1) is 11.3 Å². The van der Waals surface area contributed by atoms with E-state index in [-0.39, 0.29) is 12.2 Å². The molecule has 0 amide bonds. The van der Waals surface area contributed by atoms with E-state index in [0.717, 1.165) is 74.3 Å². The number of nitrogens with zero attached hydrogens (tertiary/aromatic N) is 2. The standard InChI is InChI=1S/C23H29FN2O2S/c1-26-10-8-17-12-19(20(24)13-18(17)9-11-26)21-14-29-23(25-21)16-5-2-15(3-6-16)4-7-22(27)28/h12-16H,2-11H2,1H3,(H,27,28)/t15-,16-. The van der Waals surface area contributed by atoms with Gasteiger partial charge >= 0.3 is 5.97 Å². The Balaban J connectivity index is 1.45. The van der Waals surface area contributed by atoms with E-state index in [2.05, 4.69) is 11.9 Å². The van der Waals surface area contributed by atoms with E-state index in [4.69, 9.17) is 10.1 Å². The number of halogens is 1. The van der Waals surface area contributed by atoms with Crippen LogP contribution >= 0.6 is 11.3 Å². The molecule has 1 aliphatic carbocycles. The van der Waals surface area contributed by atoms with Gasteiger partial charge in [0, 0.05) is 36.4 Å². The third-order valence-corrected chi connectivity index (χ3v) is 7.58. The normalized spacial score (nSPS) is 22.8. The Labute approximate surface area is 175 Å². The van der Waals surface area contributed by atoms with Gasteiger partial charge in [-0.05, 0) is 81.2 Å². The molecular weight excluding hydrogens is 387 g/mol. The number of carboxylic acid groups (broad SMARTS) is 1. The van der Waals surface area contributed by atoms with Gasteiger partial charge in [0.15, 0.2) is 0 Å². The molecule has 0 spiro atoms. The fourth-order valence-electron chi connectivity index (χ4n) is 4.68. The summed E-state index contributed by atoms with van der Waals surface area (Å²) in [7, 11) is 2.12. The maximum atomic E-state index is 14.8. The molecule has 2 aliphatic rings. The third-order valence-electron chi connectivity index (χ3n) is 6.58. The fourth-order valence-corrected chi connectivity index (χ4v) is 5.67. The van der Waals surface area contributed by atoms with Crippen molar-refractivity contribution < 1.29 is 14.3 Å². The predicted octanol–water partition coefficient (Wildman–Crippen LogP) is 5.12. The van der Waals surface area contributed by atoms with Crippen LogP contribution in [0.3, 0.4) is 0 Å². The smallest absolute Gasteiger partial charge is 0.303 e. The van der Waals surface area contributed by atoms with E-state index in [0.29, 0.717) is 17.4 Å².